The summed E-state index contributed by atoms with van der Waals surface area (Å²) in [5.41, 5.74) is -0.560. The molecule has 0 aliphatic heterocycles. The molecule has 17 heavy (non-hydrogen) atoms. The minimum Gasteiger partial charge on any atom is -0.481 e. The van der Waals surface area contributed by atoms with E-state index in [2.05, 4.69) is 5.32 Å². The van der Waals surface area contributed by atoms with Gasteiger partial charge in [0.05, 0.1) is 12.1 Å². The van der Waals surface area contributed by atoms with Crippen molar-refractivity contribution in [2.24, 2.45) is 0 Å². The first-order valence-electron chi connectivity index (χ1n) is 5.04. The van der Waals surface area contributed by atoms with Crippen LogP contribution in [0.4, 0.5) is 10.1 Å². The molecule has 0 aliphatic rings. The third kappa shape index (κ3) is 3.45. The van der Waals surface area contributed by atoms with Crippen LogP contribution in [0.3, 0.4) is 0 Å². The molecule has 4 nitrogen and oxygen atoms in total. The Morgan fingerprint density at radius 3 is 2.76 bits per heavy atom. The number of aliphatic carboxylic acids is 1. The van der Waals surface area contributed by atoms with E-state index in [9.17, 15) is 9.18 Å². The average molecular weight is 236 g/mol. The lowest BCUT2D eigenvalue weighted by atomic mass is 9.99. The van der Waals surface area contributed by atoms with Crippen molar-refractivity contribution in [3.63, 3.8) is 0 Å². The number of nitrogens with one attached hydrogen (secondary N) is 1. The van der Waals surface area contributed by atoms with E-state index in [0.29, 0.717) is 5.69 Å². The number of nitriles is 1. The smallest absolute Gasteiger partial charge is 0.305 e. The summed E-state index contributed by atoms with van der Waals surface area (Å²) in [7, 11) is 0. The van der Waals surface area contributed by atoms with Gasteiger partial charge in [0.2, 0.25) is 0 Å². The predicted molar refractivity (Wildman–Crippen MR) is 61.1 cm³/mol. The van der Waals surface area contributed by atoms with Gasteiger partial charge in [-0.25, -0.2) is 4.39 Å². The molecule has 0 atom stereocenters. The highest BCUT2D eigenvalue weighted by molar-refractivity contribution is 5.70. The molecule has 0 amide bonds. The molecule has 0 unspecified atom stereocenters. The van der Waals surface area contributed by atoms with Crippen LogP contribution >= 0.6 is 0 Å². The normalized spacial score (nSPS) is 10.7. The lowest BCUT2D eigenvalue weighted by molar-refractivity contribution is -0.137. The zero-order valence-corrected chi connectivity index (χ0v) is 9.62. The summed E-state index contributed by atoms with van der Waals surface area (Å²) in [6.45, 7) is 3.35. The van der Waals surface area contributed by atoms with E-state index in [4.69, 9.17) is 10.4 Å². The van der Waals surface area contributed by atoms with E-state index in [1.165, 1.54) is 12.1 Å². The van der Waals surface area contributed by atoms with E-state index in [1.54, 1.807) is 26.0 Å². The molecule has 2 N–H and O–H groups in total. The van der Waals surface area contributed by atoms with Gasteiger partial charge in [0.15, 0.2) is 0 Å². The van der Waals surface area contributed by atoms with Crippen molar-refractivity contribution in [1.82, 2.24) is 0 Å². The number of carbonyl (C=O) groups is 1. The molecule has 0 saturated carbocycles. The zero-order valence-electron chi connectivity index (χ0n) is 9.62. The second kappa shape index (κ2) is 4.83. The monoisotopic (exact) mass is 236 g/mol. The van der Waals surface area contributed by atoms with Crippen LogP contribution in [0.2, 0.25) is 0 Å². The van der Waals surface area contributed by atoms with Gasteiger partial charge in [-0.3, -0.25) is 4.79 Å². The minimum atomic E-state index is -0.961. The Labute approximate surface area is 98.7 Å². The summed E-state index contributed by atoms with van der Waals surface area (Å²) < 4.78 is 13.3. The molecule has 0 radical (unpaired) electrons. The van der Waals surface area contributed by atoms with Gasteiger partial charge in [-0.1, -0.05) is 6.07 Å². The molecule has 90 valence electrons. The zero-order chi connectivity index (χ0) is 13.1. The third-order valence-corrected chi connectivity index (χ3v) is 2.19. The van der Waals surface area contributed by atoms with E-state index in [-0.39, 0.29) is 12.0 Å². The van der Waals surface area contributed by atoms with Crippen LogP contribution in [0.25, 0.3) is 0 Å². The fourth-order valence-electron chi connectivity index (χ4n) is 1.53. The third-order valence-electron chi connectivity index (χ3n) is 2.19. The molecule has 5 heteroatoms. The van der Waals surface area contributed by atoms with Crippen molar-refractivity contribution in [3.05, 3.63) is 29.6 Å². The SMILES string of the molecule is CC(C)(CC(=O)O)Nc1cccc(F)c1C#N. The standard InChI is InChI=1S/C12H13FN2O2/c1-12(2,6-11(16)17)15-10-5-3-4-9(13)8(10)7-14/h3-5,15H,6H2,1-2H3,(H,16,17). The van der Waals surface area contributed by atoms with E-state index >= 15 is 0 Å². The van der Waals surface area contributed by atoms with Gasteiger partial charge in [-0.15, -0.1) is 0 Å². The summed E-state index contributed by atoms with van der Waals surface area (Å²) in [4.78, 5) is 10.6. The van der Waals surface area contributed by atoms with Crippen LogP contribution < -0.4 is 5.32 Å². The van der Waals surface area contributed by atoms with Crippen LogP contribution in [0.15, 0.2) is 18.2 Å². The molecule has 0 saturated heterocycles. The van der Waals surface area contributed by atoms with Crippen LogP contribution in [-0.4, -0.2) is 16.6 Å². The van der Waals surface area contributed by atoms with E-state index in [0.717, 1.165) is 0 Å². The fraction of sp³-hybridized carbons (Fsp3) is 0.333. The highest BCUT2D eigenvalue weighted by Crippen LogP contribution is 2.23. The van der Waals surface area contributed by atoms with Crippen molar-refractivity contribution in [3.8, 4) is 6.07 Å². The molecule has 0 aromatic heterocycles. The summed E-state index contributed by atoms with van der Waals surface area (Å²) in [6.07, 6.45) is -0.131. The van der Waals surface area contributed by atoms with Gasteiger partial charge in [-0.2, -0.15) is 5.26 Å². The lowest BCUT2D eigenvalue weighted by Crippen LogP contribution is -2.34. The summed E-state index contributed by atoms with van der Waals surface area (Å²) in [5, 5.41) is 20.4. The first-order chi connectivity index (χ1) is 7.85. The molecule has 0 fully saturated rings. The largest absolute Gasteiger partial charge is 0.481 e. The fourth-order valence-corrected chi connectivity index (χ4v) is 1.53. The van der Waals surface area contributed by atoms with E-state index < -0.39 is 17.3 Å². The molecule has 0 aliphatic carbocycles. The number of carboxylic acid groups (broad SMARTS) is 1. The van der Waals surface area contributed by atoms with Crippen molar-refractivity contribution < 1.29 is 14.3 Å². The van der Waals surface area contributed by atoms with Crippen molar-refractivity contribution in [2.75, 3.05) is 5.32 Å². The van der Waals surface area contributed by atoms with Crippen molar-refractivity contribution in [2.45, 2.75) is 25.8 Å². The minimum absolute atomic E-state index is 0.106. The number of hydrogen-bond acceptors (Lipinski definition) is 3. The van der Waals surface area contributed by atoms with Gasteiger partial charge in [0.1, 0.15) is 17.4 Å². The topological polar surface area (TPSA) is 73.1 Å². The molecule has 1 rings (SSSR count). The average Bonchev–Trinajstić information content (AvgIpc) is 2.14. The summed E-state index contributed by atoms with van der Waals surface area (Å²) in [5.74, 6) is -1.58. The maximum Gasteiger partial charge on any atom is 0.305 e. The molecule has 1 aromatic rings. The van der Waals surface area contributed by atoms with Gasteiger partial charge in [0.25, 0.3) is 0 Å². The Morgan fingerprint density at radius 1 is 1.59 bits per heavy atom. The molecule has 0 spiro atoms. The van der Waals surface area contributed by atoms with Crippen molar-refractivity contribution in [1.29, 1.82) is 5.26 Å². The van der Waals surface area contributed by atoms with Gasteiger partial charge in [-0.05, 0) is 26.0 Å². The molecule has 1 aromatic carbocycles. The molecular weight excluding hydrogens is 223 g/mol. The Kier molecular flexibility index (Phi) is 3.69. The predicted octanol–water partition coefficient (Wildman–Crippen LogP) is 2.36. The second-order valence-electron chi connectivity index (χ2n) is 4.35. The summed E-state index contributed by atoms with van der Waals surface area (Å²) in [6, 6.07) is 5.96. The summed E-state index contributed by atoms with van der Waals surface area (Å²) >= 11 is 0. The molecule has 0 bridgehead atoms. The quantitative estimate of drug-likeness (QED) is 0.841. The van der Waals surface area contributed by atoms with E-state index in [1.807, 2.05) is 0 Å². The molecule has 0 heterocycles. The maximum atomic E-state index is 13.3. The van der Waals surface area contributed by atoms with Gasteiger partial charge >= 0.3 is 5.97 Å². The number of rotatable bonds is 4. The Balaban J connectivity index is 3.00. The van der Waals surface area contributed by atoms with Gasteiger partial charge in [0, 0.05) is 5.54 Å². The number of carboxylic acids is 1. The number of benzene rings is 1. The van der Waals surface area contributed by atoms with Crippen LogP contribution in [0.5, 0.6) is 0 Å². The lowest BCUT2D eigenvalue weighted by Gasteiger charge is -2.26. The van der Waals surface area contributed by atoms with Crippen molar-refractivity contribution >= 4 is 11.7 Å². The number of hydrogen-bond donors (Lipinski definition) is 2. The number of anilines is 1. The Bertz CT molecular complexity index is 478. The number of halogens is 1. The van der Waals surface area contributed by atoms with Crippen LogP contribution in [0, 0.1) is 17.1 Å². The second-order valence-corrected chi connectivity index (χ2v) is 4.35. The Morgan fingerprint density at radius 2 is 2.24 bits per heavy atom. The molecular formula is C12H13FN2O2. The first kappa shape index (κ1) is 13.0. The first-order valence-corrected chi connectivity index (χ1v) is 5.04. The maximum absolute atomic E-state index is 13.3. The highest BCUT2D eigenvalue weighted by atomic mass is 19.1. The number of nitrogens with zero attached hydrogens (tertiary/aromatic N) is 1. The van der Waals surface area contributed by atoms with Crippen LogP contribution in [0.1, 0.15) is 25.8 Å². The van der Waals surface area contributed by atoms with Gasteiger partial charge < -0.3 is 10.4 Å². The highest BCUT2D eigenvalue weighted by Gasteiger charge is 2.23. The van der Waals surface area contributed by atoms with Crippen LogP contribution in [-0.2, 0) is 4.79 Å². The Hall–Kier alpha value is -2.09.